The summed E-state index contributed by atoms with van der Waals surface area (Å²) >= 11 is 0. The van der Waals surface area contributed by atoms with E-state index in [1.807, 2.05) is 6.08 Å². The zero-order chi connectivity index (χ0) is 29.6. The number of unbranched alkanes of at least 4 members (excludes halogenated alkanes) is 6. The molecule has 0 radical (unpaired) electrons. The molecule has 0 saturated heterocycles. The first kappa shape index (κ1) is 32.3. The molecule has 3 fully saturated rings. The molecule has 0 bridgehead atoms. The number of esters is 1. The second-order valence-electron chi connectivity index (χ2n) is 15.2. The van der Waals surface area contributed by atoms with Gasteiger partial charge in [-0.15, -0.1) is 0 Å². The van der Waals surface area contributed by atoms with E-state index >= 15 is 0 Å². The topological polar surface area (TPSA) is 26.3 Å². The van der Waals surface area contributed by atoms with Gasteiger partial charge in [-0.1, -0.05) is 122 Å². The zero-order valence-electron chi connectivity index (χ0n) is 27.7. The Morgan fingerprint density at radius 2 is 1.68 bits per heavy atom. The van der Waals surface area contributed by atoms with Crippen LogP contribution in [-0.2, 0) is 9.53 Å². The number of rotatable bonds is 13. The van der Waals surface area contributed by atoms with Gasteiger partial charge in [0.05, 0.1) is 0 Å². The Balaban J connectivity index is 1.34. The zero-order valence-corrected chi connectivity index (χ0v) is 27.7. The van der Waals surface area contributed by atoms with Crippen LogP contribution in [0.2, 0.25) is 0 Å². The molecular weight excluding hydrogens is 500 g/mol. The molecule has 8 atom stereocenters. The minimum atomic E-state index is -0.145. The first-order chi connectivity index (χ1) is 19.6. The van der Waals surface area contributed by atoms with Gasteiger partial charge in [0.15, 0.2) is 0 Å². The first-order valence-corrected chi connectivity index (χ1v) is 17.6. The van der Waals surface area contributed by atoms with Gasteiger partial charge in [-0.3, -0.25) is 0 Å². The summed E-state index contributed by atoms with van der Waals surface area (Å²) in [6.07, 6.45) is 30.9. The SMILES string of the molecule is CCCCCCCCC=CC(=O)O[C@H]1CC[C@@]2(C)C(=CC=C3[C@@H]4CC[C@H]([C@H](C)C=C[C@H](C)C(C)C)[C@@]4(C)CC[C@@H]32)C1. The van der Waals surface area contributed by atoms with Gasteiger partial charge in [-0.2, -0.15) is 0 Å². The number of carbonyl (C=O) groups is 1. The van der Waals surface area contributed by atoms with E-state index in [2.05, 4.69) is 72.8 Å². The van der Waals surface area contributed by atoms with E-state index in [1.165, 1.54) is 69.8 Å². The fourth-order valence-corrected chi connectivity index (χ4v) is 9.11. The Morgan fingerprint density at radius 3 is 2.44 bits per heavy atom. The van der Waals surface area contributed by atoms with Crippen molar-refractivity contribution in [2.45, 2.75) is 144 Å². The van der Waals surface area contributed by atoms with Gasteiger partial charge in [0.1, 0.15) is 6.10 Å². The normalized spacial score (nSPS) is 34.6. The maximum atomic E-state index is 12.6. The molecule has 4 rings (SSSR count). The predicted octanol–water partition coefficient (Wildman–Crippen LogP) is 11.2. The number of hydrogen-bond donors (Lipinski definition) is 0. The van der Waals surface area contributed by atoms with Crippen LogP contribution in [0.5, 0.6) is 0 Å². The fourth-order valence-electron chi connectivity index (χ4n) is 9.11. The van der Waals surface area contributed by atoms with Crippen LogP contribution in [0.4, 0.5) is 0 Å². The van der Waals surface area contributed by atoms with E-state index in [0.29, 0.717) is 29.1 Å². The Labute approximate surface area is 253 Å². The first-order valence-electron chi connectivity index (χ1n) is 17.6. The molecule has 0 aliphatic heterocycles. The predicted molar refractivity (Wildman–Crippen MR) is 174 cm³/mol. The van der Waals surface area contributed by atoms with Crippen molar-refractivity contribution in [2.75, 3.05) is 0 Å². The van der Waals surface area contributed by atoms with Crippen molar-refractivity contribution in [3.8, 4) is 0 Å². The quantitative estimate of drug-likeness (QED) is 0.0965. The Bertz CT molecular complexity index is 997. The molecule has 0 spiro atoms. The maximum Gasteiger partial charge on any atom is 0.330 e. The average Bonchev–Trinajstić information content (AvgIpc) is 3.30. The van der Waals surface area contributed by atoms with Gasteiger partial charge >= 0.3 is 5.97 Å². The molecule has 2 nitrogen and oxygen atoms in total. The van der Waals surface area contributed by atoms with Crippen LogP contribution in [0.25, 0.3) is 0 Å². The number of ether oxygens (including phenoxy) is 1. The molecule has 4 aliphatic rings. The van der Waals surface area contributed by atoms with Crippen molar-refractivity contribution in [2.24, 2.45) is 46.3 Å². The number of carbonyl (C=O) groups excluding carboxylic acids is 1. The minimum Gasteiger partial charge on any atom is -0.459 e. The largest absolute Gasteiger partial charge is 0.459 e. The highest BCUT2D eigenvalue weighted by atomic mass is 16.5. The van der Waals surface area contributed by atoms with Gasteiger partial charge in [-0.25, -0.2) is 4.79 Å². The molecule has 0 amide bonds. The summed E-state index contributed by atoms with van der Waals surface area (Å²) < 4.78 is 5.97. The molecule has 2 heteroatoms. The molecule has 0 heterocycles. The number of hydrogen-bond acceptors (Lipinski definition) is 2. The highest BCUT2D eigenvalue weighted by Gasteiger charge is 2.57. The van der Waals surface area contributed by atoms with E-state index in [1.54, 1.807) is 11.6 Å². The van der Waals surface area contributed by atoms with Gasteiger partial charge in [0, 0.05) is 12.5 Å². The van der Waals surface area contributed by atoms with Crippen LogP contribution in [0, 0.1) is 46.3 Å². The summed E-state index contributed by atoms with van der Waals surface area (Å²) in [7, 11) is 0. The third-order valence-electron chi connectivity index (χ3n) is 12.3. The van der Waals surface area contributed by atoms with Crippen molar-refractivity contribution >= 4 is 5.97 Å². The molecule has 0 aromatic rings. The summed E-state index contributed by atoms with van der Waals surface area (Å²) in [4.78, 5) is 12.6. The summed E-state index contributed by atoms with van der Waals surface area (Å²) in [6.45, 7) is 16.9. The monoisotopic (exact) mass is 562 g/mol. The third-order valence-corrected chi connectivity index (χ3v) is 12.3. The molecule has 0 aromatic carbocycles. The molecule has 41 heavy (non-hydrogen) atoms. The molecule has 4 aliphatic carbocycles. The highest BCUT2D eigenvalue weighted by molar-refractivity contribution is 5.82. The van der Waals surface area contributed by atoms with Crippen LogP contribution in [-0.4, -0.2) is 12.1 Å². The standard InChI is InChI=1S/C39H62O2/c1-8-9-10-11-12-13-14-15-16-37(40)41-32-23-25-38(6)31(27-32)19-20-33-35-22-21-34(39(35,7)26-24-36(33)38)30(5)18-17-29(4)28(2)3/h15-20,28-30,32,34-36H,8-14,21-27H2,1-7H3/t29-,30+,32-,34+,35-,36-,38-,39+/m0/s1. The summed E-state index contributed by atoms with van der Waals surface area (Å²) in [5, 5.41) is 0. The fraction of sp³-hybridized carbons (Fsp3) is 0.769. The molecule has 0 unspecified atom stereocenters. The summed E-state index contributed by atoms with van der Waals surface area (Å²) in [6, 6.07) is 0. The van der Waals surface area contributed by atoms with E-state index in [-0.39, 0.29) is 17.5 Å². The van der Waals surface area contributed by atoms with Gasteiger partial charge in [0.2, 0.25) is 0 Å². The van der Waals surface area contributed by atoms with Gasteiger partial charge < -0.3 is 4.74 Å². The molecule has 0 N–H and O–H groups in total. The van der Waals surface area contributed by atoms with Crippen molar-refractivity contribution in [1.29, 1.82) is 0 Å². The van der Waals surface area contributed by atoms with Gasteiger partial charge in [-0.05, 0) is 97.7 Å². The minimum absolute atomic E-state index is 0.0288. The summed E-state index contributed by atoms with van der Waals surface area (Å²) in [5.41, 5.74) is 3.94. The van der Waals surface area contributed by atoms with Crippen molar-refractivity contribution in [3.63, 3.8) is 0 Å². The molecule has 0 aromatic heterocycles. The van der Waals surface area contributed by atoms with Crippen molar-refractivity contribution in [3.05, 3.63) is 47.6 Å². The number of fused-ring (bicyclic) bond motifs is 5. The van der Waals surface area contributed by atoms with Crippen LogP contribution in [0.3, 0.4) is 0 Å². The van der Waals surface area contributed by atoms with E-state index < -0.39 is 0 Å². The molecule has 230 valence electrons. The Kier molecular flexibility index (Phi) is 11.3. The van der Waals surface area contributed by atoms with E-state index in [9.17, 15) is 4.79 Å². The van der Waals surface area contributed by atoms with Crippen LogP contribution >= 0.6 is 0 Å². The summed E-state index contributed by atoms with van der Waals surface area (Å²) in [5.74, 6) is 4.05. The lowest BCUT2D eigenvalue weighted by atomic mass is 9.50. The second-order valence-corrected chi connectivity index (χ2v) is 15.2. The third kappa shape index (κ3) is 7.33. The lowest BCUT2D eigenvalue weighted by Crippen LogP contribution is -2.46. The van der Waals surface area contributed by atoms with Crippen molar-refractivity contribution in [1.82, 2.24) is 0 Å². The molecular formula is C39H62O2. The smallest absolute Gasteiger partial charge is 0.330 e. The lowest BCUT2D eigenvalue weighted by molar-refractivity contribution is -0.144. The van der Waals surface area contributed by atoms with E-state index in [4.69, 9.17) is 4.74 Å². The second kappa shape index (κ2) is 14.3. The number of allylic oxidation sites excluding steroid dienone is 6. The van der Waals surface area contributed by atoms with E-state index in [0.717, 1.165) is 37.5 Å². The van der Waals surface area contributed by atoms with Crippen molar-refractivity contribution < 1.29 is 9.53 Å². The average molecular weight is 563 g/mol. The maximum absolute atomic E-state index is 12.6. The Hall–Kier alpha value is -1.57. The lowest BCUT2D eigenvalue weighted by Gasteiger charge is -2.55. The molecule has 3 saturated carbocycles. The highest BCUT2D eigenvalue weighted by Crippen LogP contribution is 2.66. The Morgan fingerprint density at radius 1 is 0.927 bits per heavy atom. The van der Waals surface area contributed by atoms with Crippen LogP contribution in [0.15, 0.2) is 47.6 Å². The van der Waals surface area contributed by atoms with Crippen LogP contribution in [0.1, 0.15) is 138 Å². The van der Waals surface area contributed by atoms with Crippen LogP contribution < -0.4 is 0 Å². The van der Waals surface area contributed by atoms with Gasteiger partial charge in [0.25, 0.3) is 0 Å².